The zero-order chi connectivity index (χ0) is 25.3. The van der Waals surface area contributed by atoms with E-state index in [1.807, 2.05) is 0 Å². The van der Waals surface area contributed by atoms with Crippen LogP contribution in [0.1, 0.15) is 27.2 Å². The van der Waals surface area contributed by atoms with Crippen molar-refractivity contribution < 1.29 is 31.3 Å². The van der Waals surface area contributed by atoms with Gasteiger partial charge in [0, 0.05) is 13.6 Å². The number of likely N-dealkylation sites (N-methyl/N-ethyl adjacent to an activating group) is 1. The van der Waals surface area contributed by atoms with E-state index >= 15 is 0 Å². The normalized spacial score (nSPS) is 11.2. The molecule has 0 aliphatic rings. The van der Waals surface area contributed by atoms with E-state index in [0.717, 1.165) is 12.6 Å². The fourth-order valence-electron chi connectivity index (χ4n) is 4.10. The number of hydrogen-bond acceptors (Lipinski definition) is 3. The van der Waals surface area contributed by atoms with Gasteiger partial charge < -0.3 is 31.9 Å². The summed E-state index contributed by atoms with van der Waals surface area (Å²) in [7, 11) is -0.342. The summed E-state index contributed by atoms with van der Waals surface area (Å²) in [6.45, 7) is 5.92. The second-order valence-electron chi connectivity index (χ2n) is 9.58. The van der Waals surface area contributed by atoms with E-state index in [1.165, 1.54) is 20.8 Å². The van der Waals surface area contributed by atoms with Gasteiger partial charge in [-0.3, -0.25) is 4.79 Å². The van der Waals surface area contributed by atoms with Gasteiger partial charge in [0.1, 0.15) is 35.3 Å². The summed E-state index contributed by atoms with van der Waals surface area (Å²) in [5, 5.41) is 6.97. The number of nitrogens with zero attached hydrogens (tertiary/aromatic N) is 1. The van der Waals surface area contributed by atoms with Crippen LogP contribution in [0.3, 0.4) is 0 Å². The van der Waals surface area contributed by atoms with Crippen molar-refractivity contribution in [2.75, 3.05) is 26.3 Å². The van der Waals surface area contributed by atoms with Crippen molar-refractivity contribution in [1.82, 2.24) is 10.2 Å². The zero-order valence-corrected chi connectivity index (χ0v) is 24.0. The minimum atomic E-state index is -1.92. The highest BCUT2D eigenvalue weighted by atomic mass is 79.9. The second kappa shape index (κ2) is 13.6. The molecule has 1 N–H and O–H groups in total. The van der Waals surface area contributed by atoms with Crippen molar-refractivity contribution in [1.29, 1.82) is 0 Å². The van der Waals surface area contributed by atoms with Crippen LogP contribution in [0.5, 0.6) is 0 Å². The van der Waals surface area contributed by atoms with E-state index in [-0.39, 0.29) is 29.4 Å². The van der Waals surface area contributed by atoms with Crippen LogP contribution in [0.2, 0.25) is 0 Å². The van der Waals surface area contributed by atoms with Crippen molar-refractivity contribution in [2.24, 2.45) is 0 Å². The number of benzene rings is 3. The molecule has 0 aliphatic heterocycles. The molecule has 0 saturated heterocycles. The molecule has 0 bridgehead atoms. The van der Waals surface area contributed by atoms with Gasteiger partial charge in [0.15, 0.2) is 0 Å². The number of carbonyl (C=O) groups excluding carboxylic acids is 2. The molecule has 0 aliphatic carbocycles. The first-order valence-corrected chi connectivity index (χ1v) is 14.0. The zero-order valence-electron chi connectivity index (χ0n) is 21.5. The van der Waals surface area contributed by atoms with Crippen molar-refractivity contribution in [3.05, 3.63) is 91.0 Å². The predicted molar refractivity (Wildman–Crippen MR) is 147 cm³/mol. The average Bonchev–Trinajstić information content (AvgIpc) is 2.85. The molecule has 0 radical (unpaired) electrons. The SMILES string of the molecule is CN(CC(=O)NCCC[P+](c1ccccc1)(c1ccccc1)c1ccccc1)C(=O)OC(C)(C)C.[Br-]. The molecule has 3 rings (SSSR count). The first-order chi connectivity index (χ1) is 16.7. The molecular formula is C29H36BrN2O3P. The first kappa shape index (κ1) is 29.5. The van der Waals surface area contributed by atoms with E-state index in [1.54, 1.807) is 27.8 Å². The lowest BCUT2D eigenvalue weighted by molar-refractivity contribution is -0.122. The van der Waals surface area contributed by atoms with Crippen LogP contribution in [0, 0.1) is 0 Å². The molecule has 0 fully saturated rings. The third kappa shape index (κ3) is 7.91. The van der Waals surface area contributed by atoms with E-state index < -0.39 is 19.0 Å². The Kier molecular flexibility index (Phi) is 11.1. The van der Waals surface area contributed by atoms with Crippen molar-refractivity contribution in [3.8, 4) is 0 Å². The second-order valence-corrected chi connectivity index (χ2v) is 13.2. The average molecular weight is 571 g/mol. The van der Waals surface area contributed by atoms with Crippen LogP contribution in [0.4, 0.5) is 4.79 Å². The summed E-state index contributed by atoms with van der Waals surface area (Å²) < 4.78 is 5.33. The quantitative estimate of drug-likeness (QED) is 0.312. The van der Waals surface area contributed by atoms with Crippen molar-refractivity contribution >= 4 is 35.2 Å². The number of nitrogens with one attached hydrogen (secondary N) is 1. The maximum absolute atomic E-state index is 12.5. The van der Waals surface area contributed by atoms with E-state index in [0.29, 0.717) is 6.54 Å². The molecule has 192 valence electrons. The smallest absolute Gasteiger partial charge is 0.410 e. The fraction of sp³-hybridized carbons (Fsp3) is 0.310. The molecule has 0 atom stereocenters. The molecule has 3 aromatic rings. The van der Waals surface area contributed by atoms with Crippen LogP contribution < -0.4 is 38.2 Å². The molecule has 0 spiro atoms. The number of amides is 2. The van der Waals surface area contributed by atoms with Gasteiger partial charge in [0.2, 0.25) is 5.91 Å². The van der Waals surface area contributed by atoms with Gasteiger partial charge >= 0.3 is 6.09 Å². The minimum Gasteiger partial charge on any atom is -1.00 e. The standard InChI is InChI=1S/C29H35N2O3P.BrH/c1-29(2,3)34-28(33)31(4)23-27(32)30-21-14-22-35(24-15-8-5-9-16-24,25-17-10-6-11-18-25)26-19-12-7-13-20-26;/h5-13,15-20H,14,21-23H2,1-4H3;1H. The summed E-state index contributed by atoms with van der Waals surface area (Å²) in [4.78, 5) is 26.0. The van der Waals surface area contributed by atoms with Crippen LogP contribution in [-0.2, 0) is 9.53 Å². The highest BCUT2D eigenvalue weighted by Gasteiger charge is 2.44. The highest BCUT2D eigenvalue weighted by molar-refractivity contribution is 7.95. The van der Waals surface area contributed by atoms with Gasteiger partial charge in [-0.15, -0.1) is 0 Å². The summed E-state index contributed by atoms with van der Waals surface area (Å²) >= 11 is 0. The van der Waals surface area contributed by atoms with Gasteiger partial charge in [-0.05, 0) is 63.6 Å². The molecule has 0 saturated carbocycles. The Labute approximate surface area is 226 Å². The van der Waals surface area contributed by atoms with Gasteiger partial charge in [-0.2, -0.15) is 0 Å². The van der Waals surface area contributed by atoms with Crippen molar-refractivity contribution in [3.63, 3.8) is 0 Å². The molecule has 0 aromatic heterocycles. The van der Waals surface area contributed by atoms with Gasteiger partial charge in [0.05, 0.1) is 6.16 Å². The number of ether oxygens (including phenoxy) is 1. The Morgan fingerprint density at radius 3 is 1.61 bits per heavy atom. The molecule has 5 nitrogen and oxygen atoms in total. The Morgan fingerprint density at radius 2 is 1.22 bits per heavy atom. The summed E-state index contributed by atoms with van der Waals surface area (Å²) in [5.74, 6) is -0.193. The topological polar surface area (TPSA) is 58.6 Å². The van der Waals surface area contributed by atoms with Gasteiger partial charge in [-0.25, -0.2) is 4.79 Å². The van der Waals surface area contributed by atoms with Crippen LogP contribution in [0.25, 0.3) is 0 Å². The summed E-state index contributed by atoms with van der Waals surface area (Å²) in [5.41, 5.74) is -0.596. The number of carbonyl (C=O) groups is 2. The third-order valence-electron chi connectivity index (χ3n) is 5.67. The Bertz CT molecular complexity index is 993. The third-order valence-corrected chi connectivity index (χ3v) is 10.2. The van der Waals surface area contributed by atoms with E-state index in [2.05, 4.69) is 96.3 Å². The lowest BCUT2D eigenvalue weighted by Crippen LogP contribution is -3.00. The predicted octanol–water partition coefficient (Wildman–Crippen LogP) is 1.36. The summed E-state index contributed by atoms with van der Waals surface area (Å²) in [6.07, 6.45) is 1.23. The molecule has 2 amide bonds. The molecule has 0 unspecified atom stereocenters. The Hall–Kier alpha value is -2.69. The van der Waals surface area contributed by atoms with E-state index in [9.17, 15) is 9.59 Å². The lowest BCUT2D eigenvalue weighted by atomic mass is 10.2. The molecule has 3 aromatic carbocycles. The van der Waals surface area contributed by atoms with Crippen LogP contribution >= 0.6 is 7.26 Å². The van der Waals surface area contributed by atoms with Crippen LogP contribution in [-0.4, -0.2) is 48.8 Å². The Balaban J connectivity index is 0.00000456. The first-order valence-electron chi connectivity index (χ1n) is 12.0. The largest absolute Gasteiger partial charge is 1.00 e. The Morgan fingerprint density at radius 1 is 0.806 bits per heavy atom. The van der Waals surface area contributed by atoms with Gasteiger partial charge in [-0.1, -0.05) is 54.6 Å². The number of rotatable bonds is 9. The monoisotopic (exact) mass is 570 g/mol. The number of hydrogen-bond donors (Lipinski definition) is 1. The maximum atomic E-state index is 12.5. The lowest BCUT2D eigenvalue weighted by Gasteiger charge is -2.28. The fourth-order valence-corrected chi connectivity index (χ4v) is 8.45. The number of halogens is 1. The van der Waals surface area contributed by atoms with E-state index in [4.69, 9.17) is 4.74 Å². The highest BCUT2D eigenvalue weighted by Crippen LogP contribution is 2.55. The summed E-state index contributed by atoms with van der Waals surface area (Å²) in [6, 6.07) is 32.1. The van der Waals surface area contributed by atoms with Gasteiger partial charge in [0.25, 0.3) is 0 Å². The van der Waals surface area contributed by atoms with Crippen LogP contribution in [0.15, 0.2) is 91.0 Å². The molecular weight excluding hydrogens is 535 g/mol. The maximum Gasteiger partial charge on any atom is 0.410 e. The van der Waals surface area contributed by atoms with Crippen molar-refractivity contribution in [2.45, 2.75) is 32.8 Å². The molecule has 7 heteroatoms. The molecule has 36 heavy (non-hydrogen) atoms. The molecule has 0 heterocycles. The minimum absolute atomic E-state index is 0.